The van der Waals surface area contributed by atoms with Gasteiger partial charge in [-0.3, -0.25) is 0 Å². The van der Waals surface area contributed by atoms with E-state index in [1.807, 2.05) is 22.9 Å². The normalized spacial score (nSPS) is 28.3. The lowest BCUT2D eigenvalue weighted by atomic mass is 9.77. The predicted octanol–water partition coefficient (Wildman–Crippen LogP) is 3.25. The third kappa shape index (κ3) is 2.19. The van der Waals surface area contributed by atoms with Gasteiger partial charge in [0.05, 0.1) is 18.0 Å². The van der Waals surface area contributed by atoms with Crippen molar-refractivity contribution >= 4 is 0 Å². The zero-order valence-electron chi connectivity index (χ0n) is 10.1. The summed E-state index contributed by atoms with van der Waals surface area (Å²) >= 11 is 0. The fourth-order valence-corrected chi connectivity index (χ4v) is 2.84. The van der Waals surface area contributed by atoms with Crippen LogP contribution in [0.5, 0.6) is 0 Å². The Morgan fingerprint density at radius 1 is 1.41 bits per heavy atom. The molecule has 3 atom stereocenters. The van der Waals surface area contributed by atoms with Gasteiger partial charge in [0, 0.05) is 6.20 Å². The van der Waals surface area contributed by atoms with Gasteiger partial charge >= 0.3 is 0 Å². The Kier molecular flexibility index (Phi) is 3.49. The van der Waals surface area contributed by atoms with E-state index >= 15 is 0 Å². The molecule has 88 valence electrons. The Bertz CT molecular complexity index is 461. The summed E-state index contributed by atoms with van der Waals surface area (Å²) in [5, 5.41) is 18.3. The Morgan fingerprint density at radius 3 is 2.88 bits per heavy atom. The van der Waals surface area contributed by atoms with Gasteiger partial charge in [0.2, 0.25) is 0 Å². The summed E-state index contributed by atoms with van der Waals surface area (Å²) in [5.74, 6) is 0.746. The molecule has 1 aliphatic carbocycles. The van der Waals surface area contributed by atoms with Gasteiger partial charge in [-0.2, -0.15) is 10.5 Å². The minimum Gasteiger partial charge on any atom is -0.335 e. The number of hydrogen-bond acceptors (Lipinski definition) is 2. The van der Waals surface area contributed by atoms with Crippen LogP contribution in [0.3, 0.4) is 0 Å². The molecule has 1 heterocycles. The number of nitriles is 2. The zero-order chi connectivity index (χ0) is 12.3. The molecule has 0 N–H and O–H groups in total. The molecule has 17 heavy (non-hydrogen) atoms. The second-order valence-electron chi connectivity index (χ2n) is 4.80. The lowest BCUT2D eigenvalue weighted by Crippen LogP contribution is -2.27. The average Bonchev–Trinajstić information content (AvgIpc) is 2.86. The van der Waals surface area contributed by atoms with Crippen LogP contribution in [0.15, 0.2) is 18.3 Å². The molecule has 0 bridgehead atoms. The summed E-state index contributed by atoms with van der Waals surface area (Å²) in [6, 6.07) is 8.51. The van der Waals surface area contributed by atoms with E-state index < -0.39 is 0 Å². The van der Waals surface area contributed by atoms with Crippen molar-refractivity contribution in [2.24, 2.45) is 11.8 Å². The van der Waals surface area contributed by atoms with Gasteiger partial charge in [-0.1, -0.05) is 13.3 Å². The summed E-state index contributed by atoms with van der Waals surface area (Å²) in [6.45, 7) is 2.20. The molecule has 0 radical (unpaired) electrons. The summed E-state index contributed by atoms with van der Waals surface area (Å²) in [7, 11) is 0. The van der Waals surface area contributed by atoms with Gasteiger partial charge in [-0.15, -0.1) is 0 Å². The summed E-state index contributed by atoms with van der Waals surface area (Å²) in [4.78, 5) is 0. The summed E-state index contributed by atoms with van der Waals surface area (Å²) < 4.78 is 2.00. The smallest absolute Gasteiger partial charge is 0.120 e. The Morgan fingerprint density at radius 2 is 2.24 bits per heavy atom. The van der Waals surface area contributed by atoms with Gasteiger partial charge in [-0.05, 0) is 37.3 Å². The fraction of sp³-hybridized carbons (Fsp3) is 0.571. The standard InChI is InChI=1S/C14H17N3/c1-2-11-5-6-12(9-15)14(8-11)17-7-3-4-13(17)10-16/h3-4,7,11-12,14H,2,5-6,8H2,1H3. The minimum atomic E-state index is 0.0531. The first kappa shape index (κ1) is 11.7. The second kappa shape index (κ2) is 5.06. The van der Waals surface area contributed by atoms with Crippen molar-refractivity contribution < 1.29 is 0 Å². The van der Waals surface area contributed by atoms with Crippen LogP contribution in [0.25, 0.3) is 0 Å². The van der Waals surface area contributed by atoms with Gasteiger partial charge in [-0.25, -0.2) is 0 Å². The topological polar surface area (TPSA) is 52.5 Å². The molecule has 0 aromatic carbocycles. The van der Waals surface area contributed by atoms with Crippen molar-refractivity contribution in [3.8, 4) is 12.1 Å². The van der Waals surface area contributed by atoms with Crippen LogP contribution >= 0.6 is 0 Å². The highest BCUT2D eigenvalue weighted by atomic mass is 15.0. The molecule has 1 saturated carbocycles. The van der Waals surface area contributed by atoms with Crippen molar-refractivity contribution in [1.29, 1.82) is 10.5 Å². The van der Waals surface area contributed by atoms with E-state index in [4.69, 9.17) is 5.26 Å². The SMILES string of the molecule is CCC1CCC(C#N)C(n2cccc2C#N)C1. The van der Waals surface area contributed by atoms with Gasteiger partial charge < -0.3 is 4.57 Å². The monoisotopic (exact) mass is 227 g/mol. The number of hydrogen-bond donors (Lipinski definition) is 0. The first-order valence-corrected chi connectivity index (χ1v) is 6.26. The quantitative estimate of drug-likeness (QED) is 0.778. The fourth-order valence-electron chi connectivity index (χ4n) is 2.84. The third-order valence-corrected chi connectivity index (χ3v) is 3.92. The Labute approximate surface area is 102 Å². The van der Waals surface area contributed by atoms with E-state index in [1.165, 1.54) is 0 Å². The molecular weight excluding hydrogens is 210 g/mol. The highest BCUT2D eigenvalue weighted by Gasteiger charge is 2.31. The van der Waals surface area contributed by atoms with Crippen LogP contribution in [0.2, 0.25) is 0 Å². The van der Waals surface area contributed by atoms with E-state index in [9.17, 15) is 5.26 Å². The highest BCUT2D eigenvalue weighted by molar-refractivity contribution is 5.23. The van der Waals surface area contributed by atoms with Crippen molar-refractivity contribution in [3.63, 3.8) is 0 Å². The predicted molar refractivity (Wildman–Crippen MR) is 64.9 cm³/mol. The first-order chi connectivity index (χ1) is 8.30. The van der Waals surface area contributed by atoms with Crippen LogP contribution in [0, 0.1) is 34.5 Å². The largest absolute Gasteiger partial charge is 0.335 e. The van der Waals surface area contributed by atoms with Crippen LogP contribution in [-0.2, 0) is 0 Å². The van der Waals surface area contributed by atoms with Gasteiger partial charge in [0.15, 0.2) is 0 Å². The molecule has 1 aromatic heterocycles. The molecule has 3 nitrogen and oxygen atoms in total. The van der Waals surface area contributed by atoms with E-state index in [0.717, 1.165) is 25.7 Å². The first-order valence-electron chi connectivity index (χ1n) is 6.26. The third-order valence-electron chi connectivity index (χ3n) is 3.92. The van der Waals surface area contributed by atoms with Crippen molar-refractivity contribution in [3.05, 3.63) is 24.0 Å². The number of rotatable bonds is 2. The summed E-state index contributed by atoms with van der Waals surface area (Å²) in [6.07, 6.45) is 6.23. The van der Waals surface area contributed by atoms with Crippen LogP contribution < -0.4 is 0 Å². The maximum Gasteiger partial charge on any atom is 0.120 e. The van der Waals surface area contributed by atoms with Crippen LogP contribution in [-0.4, -0.2) is 4.57 Å². The van der Waals surface area contributed by atoms with E-state index in [2.05, 4.69) is 19.1 Å². The molecule has 0 amide bonds. The average molecular weight is 227 g/mol. The van der Waals surface area contributed by atoms with Crippen molar-refractivity contribution in [2.45, 2.75) is 38.6 Å². The molecular formula is C14H17N3. The Hall–Kier alpha value is -1.74. The minimum absolute atomic E-state index is 0.0531. The van der Waals surface area contributed by atoms with Gasteiger partial charge in [0.25, 0.3) is 0 Å². The molecule has 2 rings (SSSR count). The van der Waals surface area contributed by atoms with Crippen LogP contribution in [0.1, 0.15) is 44.3 Å². The lowest BCUT2D eigenvalue weighted by molar-refractivity contribution is 0.216. The zero-order valence-corrected chi connectivity index (χ0v) is 10.1. The van der Waals surface area contributed by atoms with Gasteiger partial charge in [0.1, 0.15) is 11.8 Å². The molecule has 0 aliphatic heterocycles. The molecule has 1 aromatic rings. The lowest BCUT2D eigenvalue weighted by Gasteiger charge is -2.33. The van der Waals surface area contributed by atoms with Crippen molar-refractivity contribution in [2.75, 3.05) is 0 Å². The molecule has 0 spiro atoms. The number of aromatic nitrogens is 1. The maximum atomic E-state index is 9.24. The molecule has 3 heteroatoms. The Balaban J connectivity index is 2.28. The molecule has 1 fully saturated rings. The van der Waals surface area contributed by atoms with Crippen LogP contribution in [0.4, 0.5) is 0 Å². The molecule has 3 unspecified atom stereocenters. The highest BCUT2D eigenvalue weighted by Crippen LogP contribution is 2.38. The van der Waals surface area contributed by atoms with E-state index in [1.54, 1.807) is 0 Å². The maximum absolute atomic E-state index is 9.24. The van der Waals surface area contributed by atoms with Crippen molar-refractivity contribution in [1.82, 2.24) is 4.57 Å². The summed E-state index contributed by atoms with van der Waals surface area (Å²) in [5.41, 5.74) is 0.673. The van der Waals surface area contributed by atoms with E-state index in [0.29, 0.717) is 11.6 Å². The number of nitrogens with zero attached hydrogens (tertiary/aromatic N) is 3. The molecule has 1 aliphatic rings. The van der Waals surface area contributed by atoms with E-state index in [-0.39, 0.29) is 12.0 Å². The molecule has 0 saturated heterocycles. The second-order valence-corrected chi connectivity index (χ2v) is 4.80.